The number of carbonyl (C=O) groups is 2. The van der Waals surface area contributed by atoms with Crippen LogP contribution >= 0.6 is 15.9 Å². The molecule has 0 unspecified atom stereocenters. The second-order valence-electron chi connectivity index (χ2n) is 5.65. The lowest BCUT2D eigenvalue weighted by Crippen LogP contribution is -2.30. The first-order chi connectivity index (χ1) is 11.9. The molecule has 0 saturated carbocycles. The van der Waals surface area contributed by atoms with Gasteiger partial charge in [0.25, 0.3) is 5.91 Å². The van der Waals surface area contributed by atoms with Gasteiger partial charge in [0.05, 0.1) is 17.9 Å². The third-order valence-electron chi connectivity index (χ3n) is 3.51. The summed E-state index contributed by atoms with van der Waals surface area (Å²) in [6.07, 6.45) is -0.924. The SMILES string of the molecule is COCc1cccc(C(=O)O[C@H](C)C(=O)Nc2ccc(C)cc2Br)c1. The van der Waals surface area contributed by atoms with Gasteiger partial charge >= 0.3 is 5.97 Å². The fourth-order valence-electron chi connectivity index (χ4n) is 2.19. The molecule has 2 aromatic rings. The molecule has 2 rings (SSSR count). The number of amides is 1. The molecular formula is C19H20BrNO4. The number of nitrogens with one attached hydrogen (secondary N) is 1. The predicted molar refractivity (Wildman–Crippen MR) is 99.5 cm³/mol. The number of esters is 1. The topological polar surface area (TPSA) is 64.6 Å². The third kappa shape index (κ3) is 5.41. The number of carbonyl (C=O) groups excluding carboxylic acids is 2. The van der Waals surface area contributed by atoms with Gasteiger partial charge in [-0.2, -0.15) is 0 Å². The highest BCUT2D eigenvalue weighted by molar-refractivity contribution is 9.10. The molecule has 0 heterocycles. The summed E-state index contributed by atoms with van der Waals surface area (Å²) in [5, 5.41) is 2.74. The van der Waals surface area contributed by atoms with E-state index in [1.165, 1.54) is 6.92 Å². The average Bonchev–Trinajstić information content (AvgIpc) is 2.57. The molecule has 1 N–H and O–H groups in total. The van der Waals surface area contributed by atoms with Crippen molar-refractivity contribution in [2.45, 2.75) is 26.6 Å². The van der Waals surface area contributed by atoms with E-state index in [9.17, 15) is 9.59 Å². The highest BCUT2D eigenvalue weighted by Gasteiger charge is 2.20. The Labute approximate surface area is 155 Å². The maximum Gasteiger partial charge on any atom is 0.338 e. The monoisotopic (exact) mass is 405 g/mol. The van der Waals surface area contributed by atoms with Crippen LogP contribution in [0.15, 0.2) is 46.9 Å². The van der Waals surface area contributed by atoms with Crippen LogP contribution in [0.1, 0.15) is 28.4 Å². The Hall–Kier alpha value is -2.18. The molecule has 1 amide bonds. The van der Waals surface area contributed by atoms with Gasteiger partial charge in [0.2, 0.25) is 0 Å². The molecule has 1 atom stereocenters. The summed E-state index contributed by atoms with van der Waals surface area (Å²) in [6, 6.07) is 12.5. The number of ether oxygens (including phenoxy) is 2. The van der Waals surface area contributed by atoms with Crippen molar-refractivity contribution in [2.24, 2.45) is 0 Å². The smallest absolute Gasteiger partial charge is 0.338 e. The minimum atomic E-state index is -0.924. The first-order valence-electron chi connectivity index (χ1n) is 7.76. The van der Waals surface area contributed by atoms with Gasteiger partial charge in [0.1, 0.15) is 0 Å². The van der Waals surface area contributed by atoms with E-state index in [0.29, 0.717) is 17.9 Å². The Kier molecular flexibility index (Phi) is 6.73. The molecule has 0 bridgehead atoms. The van der Waals surface area contributed by atoms with Gasteiger partial charge in [-0.1, -0.05) is 18.2 Å². The summed E-state index contributed by atoms with van der Waals surface area (Å²) in [5.41, 5.74) is 2.93. The first-order valence-corrected chi connectivity index (χ1v) is 8.56. The van der Waals surface area contributed by atoms with Gasteiger partial charge < -0.3 is 14.8 Å². The lowest BCUT2D eigenvalue weighted by molar-refractivity contribution is -0.123. The Morgan fingerprint density at radius 2 is 1.96 bits per heavy atom. The molecule has 0 spiro atoms. The highest BCUT2D eigenvalue weighted by Crippen LogP contribution is 2.23. The number of benzene rings is 2. The predicted octanol–water partition coefficient (Wildman–Crippen LogP) is 4.09. The van der Waals surface area contributed by atoms with E-state index in [-0.39, 0.29) is 0 Å². The lowest BCUT2D eigenvalue weighted by Gasteiger charge is -2.15. The molecule has 0 saturated heterocycles. The quantitative estimate of drug-likeness (QED) is 0.735. The standard InChI is InChI=1S/C19H20BrNO4/c1-12-7-8-17(16(20)9-12)21-18(22)13(2)25-19(23)15-6-4-5-14(10-15)11-24-3/h4-10,13H,11H2,1-3H3,(H,21,22)/t13-/m1/s1. The van der Waals surface area contributed by atoms with Crippen molar-refractivity contribution in [3.8, 4) is 0 Å². The fraction of sp³-hybridized carbons (Fsp3) is 0.263. The normalized spacial score (nSPS) is 11.7. The van der Waals surface area contributed by atoms with Gasteiger partial charge in [-0.25, -0.2) is 4.79 Å². The molecule has 25 heavy (non-hydrogen) atoms. The van der Waals surface area contributed by atoms with Crippen LogP contribution in [-0.2, 0) is 20.9 Å². The van der Waals surface area contributed by atoms with Gasteiger partial charge in [-0.15, -0.1) is 0 Å². The Bertz CT molecular complexity index is 776. The zero-order valence-corrected chi connectivity index (χ0v) is 15.9. The van der Waals surface area contributed by atoms with Crippen LogP contribution in [0.25, 0.3) is 0 Å². The van der Waals surface area contributed by atoms with E-state index in [0.717, 1.165) is 15.6 Å². The van der Waals surface area contributed by atoms with Crippen molar-refractivity contribution in [2.75, 3.05) is 12.4 Å². The lowest BCUT2D eigenvalue weighted by atomic mass is 10.1. The van der Waals surface area contributed by atoms with E-state index >= 15 is 0 Å². The zero-order valence-electron chi connectivity index (χ0n) is 14.3. The summed E-state index contributed by atoms with van der Waals surface area (Å²) in [4.78, 5) is 24.5. The summed E-state index contributed by atoms with van der Waals surface area (Å²) < 4.78 is 11.1. The van der Waals surface area contributed by atoms with Crippen molar-refractivity contribution in [3.05, 3.63) is 63.6 Å². The van der Waals surface area contributed by atoms with Gasteiger partial charge in [0.15, 0.2) is 6.10 Å². The number of aryl methyl sites for hydroxylation is 1. The molecule has 0 aliphatic heterocycles. The van der Waals surface area contributed by atoms with Crippen molar-refractivity contribution >= 4 is 33.5 Å². The number of methoxy groups -OCH3 is 1. The van der Waals surface area contributed by atoms with E-state index < -0.39 is 18.0 Å². The molecule has 0 fully saturated rings. The van der Waals surface area contributed by atoms with E-state index in [1.54, 1.807) is 31.4 Å². The number of anilines is 1. The van der Waals surface area contributed by atoms with Crippen molar-refractivity contribution in [3.63, 3.8) is 0 Å². The molecule has 0 aromatic heterocycles. The summed E-state index contributed by atoms with van der Waals surface area (Å²) in [7, 11) is 1.58. The minimum Gasteiger partial charge on any atom is -0.449 e. The van der Waals surface area contributed by atoms with Gasteiger partial charge in [0, 0.05) is 11.6 Å². The van der Waals surface area contributed by atoms with Crippen LogP contribution in [0.3, 0.4) is 0 Å². The molecule has 132 valence electrons. The Morgan fingerprint density at radius 1 is 1.20 bits per heavy atom. The number of hydrogen-bond donors (Lipinski definition) is 1. The van der Waals surface area contributed by atoms with Gasteiger partial charge in [-0.3, -0.25) is 4.79 Å². The van der Waals surface area contributed by atoms with E-state index in [2.05, 4.69) is 21.2 Å². The summed E-state index contributed by atoms with van der Waals surface area (Å²) >= 11 is 3.40. The Morgan fingerprint density at radius 3 is 2.64 bits per heavy atom. The highest BCUT2D eigenvalue weighted by atomic mass is 79.9. The second-order valence-corrected chi connectivity index (χ2v) is 6.51. The molecule has 6 heteroatoms. The summed E-state index contributed by atoms with van der Waals surface area (Å²) in [5.74, 6) is -0.950. The number of hydrogen-bond acceptors (Lipinski definition) is 4. The van der Waals surface area contributed by atoms with Crippen molar-refractivity contribution in [1.29, 1.82) is 0 Å². The molecule has 0 aliphatic rings. The number of rotatable bonds is 6. The number of halogens is 1. The Balaban J connectivity index is 2.00. The second kappa shape index (κ2) is 8.78. The van der Waals surface area contributed by atoms with Crippen LogP contribution in [0, 0.1) is 6.92 Å². The third-order valence-corrected chi connectivity index (χ3v) is 4.17. The van der Waals surface area contributed by atoms with Crippen LogP contribution in [0.2, 0.25) is 0 Å². The maximum atomic E-state index is 12.3. The van der Waals surface area contributed by atoms with Crippen LogP contribution in [-0.4, -0.2) is 25.1 Å². The maximum absolute atomic E-state index is 12.3. The van der Waals surface area contributed by atoms with E-state index in [1.807, 2.05) is 25.1 Å². The zero-order chi connectivity index (χ0) is 18.4. The molecule has 2 aromatic carbocycles. The van der Waals surface area contributed by atoms with Crippen molar-refractivity contribution < 1.29 is 19.1 Å². The fourth-order valence-corrected chi connectivity index (χ4v) is 2.79. The van der Waals surface area contributed by atoms with E-state index in [4.69, 9.17) is 9.47 Å². The van der Waals surface area contributed by atoms with Crippen LogP contribution < -0.4 is 5.32 Å². The van der Waals surface area contributed by atoms with Gasteiger partial charge in [-0.05, 0) is 65.2 Å². The first kappa shape index (κ1) is 19.1. The molecular weight excluding hydrogens is 386 g/mol. The largest absolute Gasteiger partial charge is 0.449 e. The molecule has 0 radical (unpaired) electrons. The molecule has 0 aliphatic carbocycles. The van der Waals surface area contributed by atoms with Crippen LogP contribution in [0.5, 0.6) is 0 Å². The van der Waals surface area contributed by atoms with Crippen LogP contribution in [0.4, 0.5) is 5.69 Å². The van der Waals surface area contributed by atoms with Crippen molar-refractivity contribution in [1.82, 2.24) is 0 Å². The summed E-state index contributed by atoms with van der Waals surface area (Å²) in [6.45, 7) is 3.89. The minimum absolute atomic E-state index is 0.380. The molecule has 5 nitrogen and oxygen atoms in total. The average molecular weight is 406 g/mol.